The van der Waals surface area contributed by atoms with E-state index in [4.69, 9.17) is 4.74 Å². The summed E-state index contributed by atoms with van der Waals surface area (Å²) >= 11 is 0. The molecular formula is C50H74N2O5S. The van der Waals surface area contributed by atoms with E-state index in [0.717, 1.165) is 31.5 Å². The van der Waals surface area contributed by atoms with Crippen molar-refractivity contribution in [2.75, 3.05) is 44.3 Å². The van der Waals surface area contributed by atoms with E-state index in [-0.39, 0.29) is 46.4 Å². The van der Waals surface area contributed by atoms with E-state index in [1.165, 1.54) is 68.1 Å². The molecule has 1 aliphatic heterocycles. The number of allylic oxidation sites excluding steroid dienone is 5. The Labute approximate surface area is 350 Å². The van der Waals surface area contributed by atoms with Gasteiger partial charge in [0, 0.05) is 31.7 Å². The first-order valence-electron chi connectivity index (χ1n) is 23.0. The lowest BCUT2D eigenvalue weighted by atomic mass is 9.33. The predicted octanol–water partition coefficient (Wildman–Crippen LogP) is 9.09. The van der Waals surface area contributed by atoms with Crippen molar-refractivity contribution in [3.63, 3.8) is 0 Å². The van der Waals surface area contributed by atoms with Gasteiger partial charge in [-0.3, -0.25) is 4.79 Å². The van der Waals surface area contributed by atoms with Gasteiger partial charge in [-0.05, 0) is 152 Å². The molecule has 8 rings (SSSR count). The van der Waals surface area contributed by atoms with Gasteiger partial charge in [0.05, 0.1) is 23.5 Å². The molecule has 320 valence electrons. The molecule has 2 N–H and O–H groups in total. The molecule has 58 heavy (non-hydrogen) atoms. The van der Waals surface area contributed by atoms with Gasteiger partial charge in [-0.25, -0.2) is 8.42 Å². The summed E-state index contributed by atoms with van der Waals surface area (Å²) in [7, 11) is -2.87. The van der Waals surface area contributed by atoms with Crippen LogP contribution in [0.4, 0.5) is 0 Å². The quantitative estimate of drug-likeness (QED) is 0.180. The Morgan fingerprint density at radius 2 is 1.64 bits per heavy atom. The molecule has 6 aliphatic carbocycles. The van der Waals surface area contributed by atoms with Crippen LogP contribution in [0.25, 0.3) is 0 Å². The third-order valence-corrected chi connectivity index (χ3v) is 20.5. The zero-order chi connectivity index (χ0) is 41.4. The van der Waals surface area contributed by atoms with E-state index >= 15 is 0 Å². The number of carbonyl (C=O) groups excluding carboxylic acids is 1. The number of benzene rings is 1. The second-order valence-corrected chi connectivity index (χ2v) is 24.0. The first-order valence-corrected chi connectivity index (χ1v) is 24.8. The highest BCUT2D eigenvalue weighted by molar-refractivity contribution is 7.91. The molecule has 0 amide bonds. The molecule has 8 heteroatoms. The molecule has 5 fully saturated rings. The van der Waals surface area contributed by atoms with E-state index in [1.54, 1.807) is 0 Å². The standard InChI is InChI=1S/C50H74N2O5S/c1-35(2)38-17-24-50(51-27-28-52-29-31-58(55,56)32-30-52)26-25-47(6)40(43(38)50)13-14-42-46(5)20-18-39(45(3,4)41(46)19-21-48(42,47)7)37-15-22-49(34-53,23-16-37)44(54)57-33-36-11-9-8-10-12-36/h8-12,15,18,38,40-43,51,53H,1,13-14,16-17,19-34H2,2-7H3/t38-,40+,41-,42+,43+,46-,47+,48+,49?,50-/m0/s1. The highest BCUT2D eigenvalue weighted by Gasteiger charge is 2.70. The van der Waals surface area contributed by atoms with Crippen LogP contribution in [0, 0.1) is 56.7 Å². The highest BCUT2D eigenvalue weighted by Crippen LogP contribution is 2.76. The number of nitrogens with zero attached hydrogens (tertiary/aromatic N) is 1. The Balaban J connectivity index is 0.996. The minimum Gasteiger partial charge on any atom is -0.460 e. The highest BCUT2D eigenvalue weighted by atomic mass is 32.2. The van der Waals surface area contributed by atoms with Crippen LogP contribution in [0.3, 0.4) is 0 Å². The molecule has 1 saturated heterocycles. The lowest BCUT2D eigenvalue weighted by Gasteiger charge is -2.72. The van der Waals surface area contributed by atoms with Crippen LogP contribution in [0.5, 0.6) is 0 Å². The number of rotatable bonds is 10. The number of nitrogens with one attached hydrogen (secondary N) is 1. The van der Waals surface area contributed by atoms with Gasteiger partial charge in [-0.2, -0.15) is 0 Å². The van der Waals surface area contributed by atoms with Crippen molar-refractivity contribution < 1.29 is 23.1 Å². The molecule has 0 spiro atoms. The smallest absolute Gasteiger partial charge is 0.315 e. The van der Waals surface area contributed by atoms with Crippen molar-refractivity contribution >= 4 is 15.8 Å². The van der Waals surface area contributed by atoms with Gasteiger partial charge < -0.3 is 20.1 Å². The van der Waals surface area contributed by atoms with E-state index < -0.39 is 15.3 Å². The van der Waals surface area contributed by atoms with Crippen LogP contribution in [0.1, 0.15) is 124 Å². The first kappa shape index (κ1) is 42.4. The van der Waals surface area contributed by atoms with Gasteiger partial charge in [-0.15, -0.1) is 0 Å². The number of hydrogen-bond donors (Lipinski definition) is 2. The van der Waals surface area contributed by atoms with Crippen molar-refractivity contribution in [2.24, 2.45) is 56.7 Å². The van der Waals surface area contributed by atoms with Gasteiger partial charge in [0.2, 0.25) is 0 Å². The maximum absolute atomic E-state index is 13.5. The molecule has 10 atom stereocenters. The summed E-state index contributed by atoms with van der Waals surface area (Å²) < 4.78 is 30.0. The van der Waals surface area contributed by atoms with Crippen molar-refractivity contribution in [2.45, 2.75) is 131 Å². The van der Waals surface area contributed by atoms with Gasteiger partial charge in [-0.1, -0.05) is 89.3 Å². The lowest BCUT2D eigenvalue weighted by Crippen LogP contribution is -2.68. The Hall–Kier alpha value is -2.26. The number of hydrogen-bond acceptors (Lipinski definition) is 7. The van der Waals surface area contributed by atoms with E-state index in [9.17, 15) is 18.3 Å². The maximum atomic E-state index is 13.5. The maximum Gasteiger partial charge on any atom is 0.315 e. The van der Waals surface area contributed by atoms with Crippen LogP contribution in [-0.4, -0.2) is 74.2 Å². The summed E-state index contributed by atoms with van der Waals surface area (Å²) in [5.74, 6) is 3.39. The van der Waals surface area contributed by atoms with Gasteiger partial charge >= 0.3 is 5.97 Å². The van der Waals surface area contributed by atoms with Crippen LogP contribution in [-0.2, 0) is 26.0 Å². The van der Waals surface area contributed by atoms with Crippen LogP contribution < -0.4 is 5.32 Å². The fourth-order valence-corrected chi connectivity index (χ4v) is 16.7. The summed E-state index contributed by atoms with van der Waals surface area (Å²) in [6.45, 7) is 23.3. The van der Waals surface area contributed by atoms with Crippen LogP contribution >= 0.6 is 0 Å². The first-order chi connectivity index (χ1) is 27.4. The lowest BCUT2D eigenvalue weighted by molar-refractivity contribution is -0.221. The van der Waals surface area contributed by atoms with Crippen molar-refractivity contribution in [1.82, 2.24) is 10.2 Å². The molecule has 7 nitrogen and oxygen atoms in total. The normalized spacial score (nSPS) is 41.8. The molecule has 1 aromatic carbocycles. The third kappa shape index (κ3) is 6.85. The fraction of sp³-hybridized carbons (Fsp3) is 0.740. The summed E-state index contributed by atoms with van der Waals surface area (Å²) in [6, 6.07) is 9.80. The molecular weight excluding hydrogens is 741 g/mol. The number of aliphatic hydroxyl groups is 1. The molecule has 4 saturated carbocycles. The summed E-state index contributed by atoms with van der Waals surface area (Å²) in [6.07, 6.45) is 18.0. The Morgan fingerprint density at radius 1 is 0.897 bits per heavy atom. The van der Waals surface area contributed by atoms with E-state index in [1.807, 2.05) is 30.3 Å². The summed E-state index contributed by atoms with van der Waals surface area (Å²) in [5.41, 5.74) is 5.23. The number of ether oxygens (including phenoxy) is 1. The number of aliphatic hydroxyl groups excluding tert-OH is 1. The van der Waals surface area contributed by atoms with Crippen molar-refractivity contribution in [1.29, 1.82) is 0 Å². The molecule has 0 bridgehead atoms. The molecule has 1 heterocycles. The zero-order valence-electron chi connectivity index (χ0n) is 36.7. The monoisotopic (exact) mass is 815 g/mol. The largest absolute Gasteiger partial charge is 0.460 e. The average Bonchev–Trinajstić information content (AvgIpc) is 3.58. The number of carbonyl (C=O) groups is 1. The Bertz CT molecular complexity index is 1910. The minimum atomic E-state index is -2.87. The number of fused-ring (bicyclic) bond motifs is 7. The minimum absolute atomic E-state index is 0.0195. The molecule has 1 unspecified atom stereocenters. The molecule has 1 aromatic rings. The van der Waals surface area contributed by atoms with E-state index in [2.05, 4.69) is 70.5 Å². The Kier molecular flexibility index (Phi) is 11.2. The second-order valence-electron chi connectivity index (χ2n) is 21.7. The second kappa shape index (κ2) is 15.3. The van der Waals surface area contributed by atoms with E-state index in [0.29, 0.717) is 67.0 Å². The predicted molar refractivity (Wildman–Crippen MR) is 234 cm³/mol. The van der Waals surface area contributed by atoms with Crippen molar-refractivity contribution in [3.8, 4) is 0 Å². The Morgan fingerprint density at radius 3 is 2.31 bits per heavy atom. The third-order valence-electron chi connectivity index (χ3n) is 18.9. The topological polar surface area (TPSA) is 95.9 Å². The van der Waals surface area contributed by atoms with Gasteiger partial charge in [0.1, 0.15) is 6.61 Å². The van der Waals surface area contributed by atoms with Crippen LogP contribution in [0.15, 0.2) is 65.8 Å². The molecule has 0 aromatic heterocycles. The molecule has 7 aliphatic rings. The SMILES string of the molecule is C=C(C)[C@@H]1CC[C@]2(NCCN3CCS(=O)(=O)CC3)CC[C@]3(C)[C@H](CC[C@@H]4[C@@]5(C)CC=C(C6=CCC(CO)(C(=O)OCc7ccccc7)CC6)C(C)(C)[C@@H]5CC[C@]43C)[C@@H]12. The summed E-state index contributed by atoms with van der Waals surface area (Å²) in [4.78, 5) is 15.8. The van der Waals surface area contributed by atoms with Crippen LogP contribution in [0.2, 0.25) is 0 Å². The average molecular weight is 815 g/mol. The zero-order valence-corrected chi connectivity index (χ0v) is 37.5. The van der Waals surface area contributed by atoms with Gasteiger partial charge in [0.15, 0.2) is 9.84 Å². The number of esters is 1. The molecule has 0 radical (unpaired) electrons. The summed E-state index contributed by atoms with van der Waals surface area (Å²) in [5, 5.41) is 14.8. The fourth-order valence-electron chi connectivity index (χ4n) is 15.5. The number of sulfone groups is 1. The van der Waals surface area contributed by atoms with Gasteiger partial charge in [0.25, 0.3) is 0 Å². The van der Waals surface area contributed by atoms with Crippen molar-refractivity contribution in [3.05, 3.63) is 71.3 Å².